The van der Waals surface area contributed by atoms with Gasteiger partial charge in [0.25, 0.3) is 0 Å². The van der Waals surface area contributed by atoms with E-state index in [1.807, 2.05) is 18.2 Å². The number of allylic oxidation sites excluding steroid dienone is 1. The Labute approximate surface area is 105 Å². The fraction of sp³-hybridized carbons (Fsp3) is 0.231. The van der Waals surface area contributed by atoms with Crippen molar-refractivity contribution in [1.29, 1.82) is 0 Å². The number of aromatic nitrogens is 2. The molecule has 1 aromatic carbocycles. The van der Waals surface area contributed by atoms with Crippen LogP contribution in [0.15, 0.2) is 36.4 Å². The second-order valence-electron chi connectivity index (χ2n) is 4.24. The number of hydrogen-bond donors (Lipinski definition) is 1. The molecule has 1 unspecified atom stereocenters. The number of benzene rings is 1. The van der Waals surface area contributed by atoms with Gasteiger partial charge in [0.15, 0.2) is 0 Å². The zero-order chi connectivity index (χ0) is 11.7. The minimum absolute atomic E-state index is 0.477. The van der Waals surface area contributed by atoms with E-state index in [1.54, 1.807) is 0 Å². The van der Waals surface area contributed by atoms with Crippen molar-refractivity contribution in [3.63, 3.8) is 0 Å². The van der Waals surface area contributed by atoms with Crippen LogP contribution in [0.2, 0.25) is 0 Å². The Morgan fingerprint density at radius 3 is 2.88 bits per heavy atom. The molecular weight excluding hydrogens is 230 g/mol. The molecule has 1 atom stereocenters. The molecule has 3 rings (SSSR count). The first kappa shape index (κ1) is 10.5. The first-order valence-electron chi connectivity index (χ1n) is 5.69. The van der Waals surface area contributed by atoms with E-state index in [0.717, 1.165) is 29.2 Å². The van der Waals surface area contributed by atoms with Gasteiger partial charge >= 0.3 is 0 Å². The summed E-state index contributed by atoms with van der Waals surface area (Å²) in [7, 11) is 0. The zero-order valence-electron chi connectivity index (χ0n) is 9.55. The summed E-state index contributed by atoms with van der Waals surface area (Å²) >= 11 is 1.29. The zero-order valence-corrected chi connectivity index (χ0v) is 10.4. The largest absolute Gasteiger partial charge is 0.354 e. The summed E-state index contributed by atoms with van der Waals surface area (Å²) in [4.78, 5) is 0. The summed E-state index contributed by atoms with van der Waals surface area (Å²) in [6.45, 7) is 2.19. The third-order valence-electron chi connectivity index (χ3n) is 2.96. The molecule has 0 saturated heterocycles. The van der Waals surface area contributed by atoms with E-state index in [4.69, 9.17) is 0 Å². The highest BCUT2D eigenvalue weighted by Gasteiger charge is 2.22. The van der Waals surface area contributed by atoms with Crippen LogP contribution in [0.3, 0.4) is 0 Å². The fourth-order valence-electron chi connectivity index (χ4n) is 2.00. The summed E-state index contributed by atoms with van der Waals surface area (Å²) in [5.41, 5.74) is 4.30. The van der Waals surface area contributed by atoms with Crippen LogP contribution in [0.25, 0.3) is 5.70 Å². The summed E-state index contributed by atoms with van der Waals surface area (Å²) in [6, 6.07) is 10.2. The fourth-order valence-corrected chi connectivity index (χ4v) is 2.66. The molecular formula is C13H13N3S. The van der Waals surface area contributed by atoms with Crippen molar-refractivity contribution < 1.29 is 0 Å². The lowest BCUT2D eigenvalue weighted by Crippen LogP contribution is -2.09. The number of nitrogens with zero attached hydrogens (tertiary/aromatic N) is 2. The van der Waals surface area contributed by atoms with Gasteiger partial charge in [0.2, 0.25) is 0 Å². The predicted octanol–water partition coefficient (Wildman–Crippen LogP) is 3.50. The molecule has 0 amide bonds. The molecule has 1 aliphatic rings. The molecule has 1 N–H and O–H groups in total. The first-order valence-corrected chi connectivity index (χ1v) is 6.42. The molecule has 2 aromatic rings. The average Bonchev–Trinajstić information content (AvgIpc) is 2.84. The van der Waals surface area contributed by atoms with Gasteiger partial charge in [-0.1, -0.05) is 31.2 Å². The van der Waals surface area contributed by atoms with Crippen LogP contribution in [-0.2, 0) is 0 Å². The SMILES string of the molecule is CC1CC=C(Nc2ccccc2)c2nsnc21. The third-order valence-corrected chi connectivity index (χ3v) is 3.51. The number of nitrogens with one attached hydrogen (secondary N) is 1. The number of hydrogen-bond acceptors (Lipinski definition) is 4. The molecule has 1 aliphatic carbocycles. The van der Waals surface area contributed by atoms with Crippen molar-refractivity contribution in [2.75, 3.05) is 5.32 Å². The van der Waals surface area contributed by atoms with Crippen LogP contribution in [0.1, 0.15) is 30.7 Å². The number of para-hydroxylation sites is 1. The first-order chi connectivity index (χ1) is 8.34. The Morgan fingerprint density at radius 2 is 2.06 bits per heavy atom. The Morgan fingerprint density at radius 1 is 1.24 bits per heavy atom. The maximum absolute atomic E-state index is 4.38. The van der Waals surface area contributed by atoms with Gasteiger partial charge < -0.3 is 5.32 Å². The summed E-state index contributed by atoms with van der Waals surface area (Å²) < 4.78 is 8.76. The van der Waals surface area contributed by atoms with E-state index in [-0.39, 0.29) is 0 Å². The molecule has 1 aromatic heterocycles. The smallest absolute Gasteiger partial charge is 0.124 e. The Balaban J connectivity index is 1.91. The maximum Gasteiger partial charge on any atom is 0.124 e. The second kappa shape index (κ2) is 4.30. The average molecular weight is 243 g/mol. The van der Waals surface area contributed by atoms with Crippen molar-refractivity contribution in [2.45, 2.75) is 19.3 Å². The van der Waals surface area contributed by atoms with Crippen LogP contribution in [0.5, 0.6) is 0 Å². The molecule has 4 heteroatoms. The highest BCUT2D eigenvalue weighted by Crippen LogP contribution is 2.32. The van der Waals surface area contributed by atoms with Gasteiger partial charge in [0, 0.05) is 11.6 Å². The Kier molecular flexibility index (Phi) is 2.65. The van der Waals surface area contributed by atoms with Gasteiger partial charge in [-0.2, -0.15) is 8.75 Å². The molecule has 0 spiro atoms. The molecule has 0 bridgehead atoms. The van der Waals surface area contributed by atoms with Gasteiger partial charge in [0.1, 0.15) is 5.69 Å². The minimum atomic E-state index is 0.477. The lowest BCUT2D eigenvalue weighted by atomic mass is 9.95. The van der Waals surface area contributed by atoms with Crippen LogP contribution in [0, 0.1) is 0 Å². The topological polar surface area (TPSA) is 37.8 Å². The van der Waals surface area contributed by atoms with E-state index in [2.05, 4.69) is 39.2 Å². The molecule has 3 nitrogen and oxygen atoms in total. The van der Waals surface area contributed by atoms with Crippen LogP contribution < -0.4 is 5.32 Å². The van der Waals surface area contributed by atoms with Crippen molar-refractivity contribution in [1.82, 2.24) is 8.75 Å². The van der Waals surface area contributed by atoms with Crippen molar-refractivity contribution >= 4 is 23.1 Å². The Hall–Kier alpha value is -1.68. The van der Waals surface area contributed by atoms with Gasteiger partial charge in [-0.25, -0.2) is 0 Å². The summed E-state index contributed by atoms with van der Waals surface area (Å²) in [5.74, 6) is 0.477. The number of rotatable bonds is 2. The maximum atomic E-state index is 4.38. The quantitative estimate of drug-likeness (QED) is 0.877. The van der Waals surface area contributed by atoms with Gasteiger partial charge in [0.05, 0.1) is 23.1 Å². The summed E-state index contributed by atoms with van der Waals surface area (Å²) in [6.07, 6.45) is 3.23. The van der Waals surface area contributed by atoms with Crippen LogP contribution in [0.4, 0.5) is 5.69 Å². The Bertz CT molecular complexity index is 545. The molecule has 86 valence electrons. The van der Waals surface area contributed by atoms with Gasteiger partial charge in [-0.3, -0.25) is 0 Å². The number of anilines is 1. The molecule has 0 fully saturated rings. The number of fused-ring (bicyclic) bond motifs is 1. The molecule has 0 saturated carbocycles. The molecule has 17 heavy (non-hydrogen) atoms. The van der Waals surface area contributed by atoms with Crippen molar-refractivity contribution in [2.24, 2.45) is 0 Å². The van der Waals surface area contributed by atoms with Crippen molar-refractivity contribution in [3.8, 4) is 0 Å². The molecule has 0 radical (unpaired) electrons. The van der Waals surface area contributed by atoms with Gasteiger partial charge in [-0.05, 0) is 18.6 Å². The lowest BCUT2D eigenvalue weighted by Gasteiger charge is -2.18. The van der Waals surface area contributed by atoms with Crippen molar-refractivity contribution in [3.05, 3.63) is 47.8 Å². The van der Waals surface area contributed by atoms with E-state index in [9.17, 15) is 0 Å². The molecule has 1 heterocycles. The van der Waals surface area contributed by atoms with E-state index in [0.29, 0.717) is 5.92 Å². The molecule has 0 aliphatic heterocycles. The normalized spacial score (nSPS) is 18.4. The van der Waals surface area contributed by atoms with Crippen LogP contribution in [-0.4, -0.2) is 8.75 Å². The van der Waals surface area contributed by atoms with Crippen LogP contribution >= 0.6 is 11.7 Å². The standard InChI is InChI=1S/C13H13N3S/c1-9-7-8-11(13-12(9)15-17-16-13)14-10-5-3-2-4-6-10/h2-6,8-9,14H,7H2,1H3. The highest BCUT2D eigenvalue weighted by atomic mass is 32.1. The monoisotopic (exact) mass is 243 g/mol. The van der Waals surface area contributed by atoms with E-state index >= 15 is 0 Å². The minimum Gasteiger partial charge on any atom is -0.354 e. The van der Waals surface area contributed by atoms with E-state index < -0.39 is 0 Å². The second-order valence-corrected chi connectivity index (χ2v) is 4.77. The third kappa shape index (κ3) is 1.96. The highest BCUT2D eigenvalue weighted by molar-refractivity contribution is 6.99. The van der Waals surface area contributed by atoms with Gasteiger partial charge in [-0.15, -0.1) is 0 Å². The predicted molar refractivity (Wildman–Crippen MR) is 71.0 cm³/mol. The lowest BCUT2D eigenvalue weighted by molar-refractivity contribution is 0.745. The van der Waals surface area contributed by atoms with E-state index in [1.165, 1.54) is 11.7 Å². The summed E-state index contributed by atoms with van der Waals surface area (Å²) in [5, 5.41) is 3.41.